The second kappa shape index (κ2) is 8.01. The van der Waals surface area contributed by atoms with Crippen LogP contribution in [-0.2, 0) is 12.3 Å². The number of aromatic nitrogens is 3. The molecule has 134 valence electrons. The highest BCUT2D eigenvalue weighted by molar-refractivity contribution is 7.98. The van der Waals surface area contributed by atoms with Gasteiger partial charge in [-0.2, -0.15) is 4.98 Å². The molecule has 0 fully saturated rings. The molecule has 0 aliphatic carbocycles. The van der Waals surface area contributed by atoms with Crippen LogP contribution in [0.15, 0.2) is 56.8 Å². The number of thioether (sulfide) groups is 1. The number of nitrogens with zero attached hydrogens (tertiary/aromatic N) is 3. The highest BCUT2D eigenvalue weighted by Crippen LogP contribution is 2.26. The molecule has 0 aliphatic heterocycles. The zero-order chi connectivity index (χ0) is 18.5. The number of hydrogen-bond acceptors (Lipinski definition) is 6. The summed E-state index contributed by atoms with van der Waals surface area (Å²) >= 11 is 1.45. The molecular formula is C18H18N4O3S. The molecule has 3 rings (SSSR count). The first-order chi connectivity index (χ1) is 12.6. The highest BCUT2D eigenvalue weighted by atomic mass is 32.2. The van der Waals surface area contributed by atoms with Crippen LogP contribution in [0.3, 0.4) is 0 Å². The van der Waals surface area contributed by atoms with Gasteiger partial charge in [0.15, 0.2) is 5.82 Å². The van der Waals surface area contributed by atoms with E-state index in [1.165, 1.54) is 22.4 Å². The lowest BCUT2D eigenvalue weighted by molar-refractivity contribution is 0.102. The Morgan fingerprint density at radius 2 is 2.08 bits per heavy atom. The van der Waals surface area contributed by atoms with Crippen LogP contribution in [0.5, 0.6) is 0 Å². The van der Waals surface area contributed by atoms with Gasteiger partial charge in [0.2, 0.25) is 5.89 Å². The van der Waals surface area contributed by atoms with Gasteiger partial charge in [0.05, 0.1) is 17.0 Å². The van der Waals surface area contributed by atoms with Gasteiger partial charge in [-0.15, -0.1) is 11.8 Å². The van der Waals surface area contributed by atoms with Gasteiger partial charge in [0, 0.05) is 23.7 Å². The zero-order valence-electron chi connectivity index (χ0n) is 14.4. The fourth-order valence-electron chi connectivity index (χ4n) is 2.37. The third-order valence-electron chi connectivity index (χ3n) is 3.63. The quantitative estimate of drug-likeness (QED) is 0.671. The van der Waals surface area contributed by atoms with E-state index < -0.39 is 0 Å². The van der Waals surface area contributed by atoms with E-state index in [1.54, 1.807) is 25.3 Å². The molecule has 0 spiro atoms. The van der Waals surface area contributed by atoms with Gasteiger partial charge in [0.1, 0.15) is 0 Å². The number of rotatable bonds is 6. The Balaban J connectivity index is 1.76. The number of hydrogen-bond donors (Lipinski definition) is 1. The van der Waals surface area contributed by atoms with Crippen LogP contribution in [0.4, 0.5) is 5.69 Å². The molecule has 7 nitrogen and oxygen atoms in total. The van der Waals surface area contributed by atoms with E-state index >= 15 is 0 Å². The third-order valence-corrected chi connectivity index (χ3v) is 4.69. The Bertz CT molecular complexity index is 980. The van der Waals surface area contributed by atoms with Crippen LogP contribution in [0, 0.1) is 6.92 Å². The van der Waals surface area contributed by atoms with E-state index in [9.17, 15) is 9.59 Å². The molecular weight excluding hydrogens is 352 g/mol. The fourth-order valence-corrected chi connectivity index (χ4v) is 3.26. The molecule has 2 aromatic heterocycles. The maximum absolute atomic E-state index is 12.7. The summed E-state index contributed by atoms with van der Waals surface area (Å²) in [6, 6.07) is 10.3. The monoisotopic (exact) mass is 370 g/mol. The number of carbonyl (C=O) groups excluding carboxylic acids is 1. The number of aryl methyl sites for hydroxylation is 2. The number of anilines is 1. The lowest BCUT2D eigenvalue weighted by Gasteiger charge is -2.10. The lowest BCUT2D eigenvalue weighted by atomic mass is 10.2. The molecule has 0 unspecified atom stereocenters. The van der Waals surface area contributed by atoms with Crippen molar-refractivity contribution in [1.82, 2.24) is 14.7 Å². The molecule has 0 atom stereocenters. The standard InChI is InChI=1S/C18H18N4O3S/c1-3-22-10-13(8-9-17(22)23)20-18(24)14-6-4-5-7-15(14)26-11-16-19-12(2)21-25-16/h4-10H,3,11H2,1-2H3,(H,20,24). The van der Waals surface area contributed by atoms with Crippen molar-refractivity contribution in [1.29, 1.82) is 0 Å². The summed E-state index contributed by atoms with van der Waals surface area (Å²) in [5.74, 6) is 1.33. The Morgan fingerprint density at radius 1 is 1.27 bits per heavy atom. The first-order valence-electron chi connectivity index (χ1n) is 8.09. The number of amides is 1. The molecule has 1 amide bonds. The van der Waals surface area contributed by atoms with E-state index in [4.69, 9.17) is 4.52 Å². The highest BCUT2D eigenvalue weighted by Gasteiger charge is 2.13. The van der Waals surface area contributed by atoms with Gasteiger partial charge in [-0.25, -0.2) is 0 Å². The van der Waals surface area contributed by atoms with Gasteiger partial charge in [-0.3, -0.25) is 9.59 Å². The van der Waals surface area contributed by atoms with E-state index in [2.05, 4.69) is 15.5 Å². The molecule has 0 bridgehead atoms. The van der Waals surface area contributed by atoms with Gasteiger partial charge in [-0.05, 0) is 32.0 Å². The largest absolute Gasteiger partial charge is 0.338 e. The average molecular weight is 370 g/mol. The zero-order valence-corrected chi connectivity index (χ0v) is 15.2. The summed E-state index contributed by atoms with van der Waals surface area (Å²) in [5, 5.41) is 6.60. The summed E-state index contributed by atoms with van der Waals surface area (Å²) < 4.78 is 6.64. The maximum Gasteiger partial charge on any atom is 0.256 e. The summed E-state index contributed by atoms with van der Waals surface area (Å²) in [7, 11) is 0. The van der Waals surface area contributed by atoms with E-state index in [-0.39, 0.29) is 11.5 Å². The number of carbonyl (C=O) groups is 1. The fraction of sp³-hybridized carbons (Fsp3) is 0.222. The van der Waals surface area contributed by atoms with Crippen molar-refractivity contribution in [2.45, 2.75) is 31.0 Å². The molecule has 2 heterocycles. The molecule has 1 N–H and O–H groups in total. The summed E-state index contributed by atoms with van der Waals surface area (Å²) in [5.41, 5.74) is 1.02. The third kappa shape index (κ3) is 4.20. The van der Waals surface area contributed by atoms with Crippen molar-refractivity contribution in [3.8, 4) is 0 Å². The smallest absolute Gasteiger partial charge is 0.256 e. The first kappa shape index (κ1) is 17.9. The van der Waals surface area contributed by atoms with Gasteiger partial charge in [-0.1, -0.05) is 17.3 Å². The molecule has 1 aromatic carbocycles. The molecule has 8 heteroatoms. The van der Waals surface area contributed by atoms with Gasteiger partial charge >= 0.3 is 0 Å². The molecule has 0 aliphatic rings. The number of pyridine rings is 1. The van der Waals surface area contributed by atoms with Crippen LogP contribution in [0.2, 0.25) is 0 Å². The van der Waals surface area contributed by atoms with Crippen molar-refractivity contribution in [2.75, 3.05) is 5.32 Å². The minimum atomic E-state index is -0.240. The van der Waals surface area contributed by atoms with Crippen molar-refractivity contribution in [3.05, 3.63) is 70.2 Å². The maximum atomic E-state index is 12.7. The lowest BCUT2D eigenvalue weighted by Crippen LogP contribution is -2.20. The normalized spacial score (nSPS) is 10.7. The second-order valence-electron chi connectivity index (χ2n) is 5.52. The average Bonchev–Trinajstić information content (AvgIpc) is 3.07. The van der Waals surface area contributed by atoms with Gasteiger partial charge < -0.3 is 14.4 Å². The van der Waals surface area contributed by atoms with Crippen molar-refractivity contribution >= 4 is 23.4 Å². The predicted molar refractivity (Wildman–Crippen MR) is 99.4 cm³/mol. The number of nitrogens with one attached hydrogen (secondary N) is 1. The Kier molecular flexibility index (Phi) is 5.52. The summed E-state index contributed by atoms with van der Waals surface area (Å²) in [6.45, 7) is 4.17. The Hall–Kier alpha value is -2.87. The molecule has 0 radical (unpaired) electrons. The van der Waals surface area contributed by atoms with Crippen molar-refractivity contribution in [3.63, 3.8) is 0 Å². The summed E-state index contributed by atoms with van der Waals surface area (Å²) in [6.07, 6.45) is 1.64. The van der Waals surface area contributed by atoms with Crippen LogP contribution in [0.25, 0.3) is 0 Å². The number of benzene rings is 1. The summed E-state index contributed by atoms with van der Waals surface area (Å²) in [4.78, 5) is 29.3. The van der Waals surface area contributed by atoms with Gasteiger partial charge in [0.25, 0.3) is 11.5 Å². The van der Waals surface area contributed by atoms with Crippen LogP contribution >= 0.6 is 11.8 Å². The van der Waals surface area contributed by atoms with Crippen LogP contribution < -0.4 is 10.9 Å². The Morgan fingerprint density at radius 3 is 2.81 bits per heavy atom. The van der Waals surface area contributed by atoms with E-state index in [1.807, 2.05) is 25.1 Å². The SMILES string of the molecule is CCn1cc(NC(=O)c2ccccc2SCc2nc(C)no2)ccc1=O. The van der Waals surface area contributed by atoms with Crippen LogP contribution in [0.1, 0.15) is 29.0 Å². The predicted octanol–water partition coefficient (Wildman–Crippen LogP) is 3.10. The first-order valence-corrected chi connectivity index (χ1v) is 9.08. The molecule has 0 saturated heterocycles. The molecule has 26 heavy (non-hydrogen) atoms. The van der Waals surface area contributed by atoms with Crippen molar-refractivity contribution in [2.24, 2.45) is 0 Å². The molecule has 0 saturated carbocycles. The minimum Gasteiger partial charge on any atom is -0.338 e. The molecule has 3 aromatic rings. The van der Waals surface area contributed by atoms with E-state index in [0.29, 0.717) is 35.3 Å². The van der Waals surface area contributed by atoms with E-state index in [0.717, 1.165) is 4.90 Å². The topological polar surface area (TPSA) is 90.0 Å². The second-order valence-corrected chi connectivity index (χ2v) is 6.53. The minimum absolute atomic E-state index is 0.101. The van der Waals surface area contributed by atoms with Crippen molar-refractivity contribution < 1.29 is 9.32 Å². The van der Waals surface area contributed by atoms with Crippen LogP contribution in [-0.4, -0.2) is 20.6 Å². The Labute approximate surface area is 154 Å².